The normalized spacial score (nSPS) is 34.4. The van der Waals surface area contributed by atoms with Crippen molar-refractivity contribution in [1.29, 1.82) is 0 Å². The Labute approximate surface area is 84.2 Å². The Kier molecular flexibility index (Phi) is 4.09. The molecule has 13 heavy (non-hydrogen) atoms. The van der Waals surface area contributed by atoms with Crippen LogP contribution in [0, 0.1) is 5.92 Å². The zero-order chi connectivity index (χ0) is 9.73. The Hall–Kier alpha value is -0.195. The van der Waals surface area contributed by atoms with E-state index in [0.29, 0.717) is 5.31 Å². The van der Waals surface area contributed by atoms with E-state index in [9.17, 15) is 0 Å². The monoisotopic (exact) mass is 178 g/mol. The highest BCUT2D eigenvalue weighted by atomic mass is 14.3. The maximum atomic E-state index is 3.77. The van der Waals surface area contributed by atoms with Crippen molar-refractivity contribution in [2.45, 2.75) is 57.2 Å². The Morgan fingerprint density at radius 2 is 2.38 bits per heavy atom. The highest BCUT2D eigenvalue weighted by Crippen LogP contribution is 2.43. The van der Waals surface area contributed by atoms with Gasteiger partial charge in [0.2, 0.25) is 0 Å². The molecule has 0 N–H and O–H groups in total. The van der Waals surface area contributed by atoms with Gasteiger partial charge in [0.15, 0.2) is 0 Å². The van der Waals surface area contributed by atoms with E-state index in [1.807, 2.05) is 6.08 Å². The van der Waals surface area contributed by atoms with Gasteiger partial charge >= 0.3 is 0 Å². The number of rotatable bonds is 4. The minimum absolute atomic E-state index is 0.622. The molecule has 1 fully saturated rings. The Morgan fingerprint density at radius 3 is 3.00 bits per heavy atom. The topological polar surface area (TPSA) is 0 Å². The summed E-state index contributed by atoms with van der Waals surface area (Å²) >= 11 is 0. The van der Waals surface area contributed by atoms with E-state index in [0.717, 1.165) is 5.92 Å². The second-order valence-electron chi connectivity index (χ2n) is 5.35. The third-order valence-electron chi connectivity index (χ3n) is 3.33. The summed E-state index contributed by atoms with van der Waals surface area (Å²) in [6, 6.07) is 0. The van der Waals surface area contributed by atoms with Gasteiger partial charge in [0.05, 0.1) is 0 Å². The van der Waals surface area contributed by atoms with Crippen molar-refractivity contribution in [3.8, 4) is 0 Å². The molecule has 0 nitrogen and oxygen atoms in total. The van der Waals surface area contributed by atoms with Crippen LogP contribution in [-0.4, -0.2) is 7.85 Å². The molecule has 0 amide bonds. The summed E-state index contributed by atoms with van der Waals surface area (Å²) in [7, 11) is 2.42. The Bertz CT molecular complexity index is 161. The minimum Gasteiger partial charge on any atom is -0.103 e. The molecule has 0 aromatic carbocycles. The highest BCUT2D eigenvalue weighted by molar-refractivity contribution is 6.14. The summed E-state index contributed by atoms with van der Waals surface area (Å²) in [5.74, 6) is 1.00. The van der Waals surface area contributed by atoms with Crippen molar-refractivity contribution in [2.24, 2.45) is 5.92 Å². The van der Waals surface area contributed by atoms with Gasteiger partial charge in [-0.3, -0.25) is 0 Å². The van der Waals surface area contributed by atoms with Crippen LogP contribution in [-0.2, 0) is 0 Å². The first kappa shape index (κ1) is 10.9. The maximum Gasteiger partial charge on any atom is 0.109 e. The lowest BCUT2D eigenvalue weighted by Gasteiger charge is -2.35. The standard InChI is InChI=1S/C12H23B/c1-3-4-5-7-11-8-6-9-12(2,13)10-11/h3,11H,1,4-10,13H2,2H3. The summed E-state index contributed by atoms with van der Waals surface area (Å²) in [6.07, 6.45) is 11.8. The van der Waals surface area contributed by atoms with Crippen molar-refractivity contribution in [3.63, 3.8) is 0 Å². The van der Waals surface area contributed by atoms with Gasteiger partial charge in [-0.15, -0.1) is 6.58 Å². The number of allylic oxidation sites excluding steroid dienone is 1. The van der Waals surface area contributed by atoms with E-state index >= 15 is 0 Å². The molecule has 0 aromatic rings. The van der Waals surface area contributed by atoms with Gasteiger partial charge < -0.3 is 0 Å². The third-order valence-corrected chi connectivity index (χ3v) is 3.33. The van der Waals surface area contributed by atoms with Crippen LogP contribution in [0.2, 0.25) is 5.31 Å². The molecule has 1 rings (SSSR count). The van der Waals surface area contributed by atoms with Gasteiger partial charge in [-0.1, -0.05) is 50.4 Å². The molecule has 0 spiro atoms. The van der Waals surface area contributed by atoms with Crippen molar-refractivity contribution in [1.82, 2.24) is 0 Å². The van der Waals surface area contributed by atoms with E-state index in [4.69, 9.17) is 0 Å². The first-order valence-corrected chi connectivity index (χ1v) is 5.75. The zero-order valence-electron chi connectivity index (χ0n) is 9.31. The third kappa shape index (κ3) is 4.02. The predicted molar refractivity (Wildman–Crippen MR) is 62.9 cm³/mol. The van der Waals surface area contributed by atoms with E-state index < -0.39 is 0 Å². The van der Waals surface area contributed by atoms with Crippen LogP contribution < -0.4 is 0 Å². The molecule has 1 aliphatic rings. The van der Waals surface area contributed by atoms with Gasteiger partial charge in [-0.2, -0.15) is 0 Å². The molecule has 0 heterocycles. The summed E-state index contributed by atoms with van der Waals surface area (Å²) in [6.45, 7) is 6.20. The molecular formula is C12H23B. The molecule has 1 heteroatoms. The summed E-state index contributed by atoms with van der Waals surface area (Å²) in [4.78, 5) is 0. The minimum atomic E-state index is 0.622. The number of hydrogen-bond donors (Lipinski definition) is 0. The Morgan fingerprint density at radius 1 is 1.62 bits per heavy atom. The Balaban J connectivity index is 2.22. The first-order chi connectivity index (χ1) is 6.14. The van der Waals surface area contributed by atoms with Gasteiger partial charge in [0, 0.05) is 0 Å². The fourth-order valence-corrected chi connectivity index (χ4v) is 2.65. The zero-order valence-corrected chi connectivity index (χ0v) is 9.31. The second kappa shape index (κ2) is 4.88. The van der Waals surface area contributed by atoms with Gasteiger partial charge in [-0.05, 0) is 18.8 Å². The predicted octanol–water partition coefficient (Wildman–Crippen LogP) is 3.34. The van der Waals surface area contributed by atoms with E-state index in [2.05, 4.69) is 21.3 Å². The van der Waals surface area contributed by atoms with Crippen LogP contribution in [0.15, 0.2) is 12.7 Å². The SMILES string of the molecule is BC1(C)CCCC(CCCC=C)C1. The molecule has 2 unspecified atom stereocenters. The molecule has 1 aliphatic carbocycles. The molecule has 0 aromatic heterocycles. The lowest BCUT2D eigenvalue weighted by atomic mass is 9.58. The second-order valence-corrected chi connectivity index (χ2v) is 5.35. The summed E-state index contributed by atoms with van der Waals surface area (Å²) in [5, 5.41) is 0.622. The number of hydrogen-bond acceptors (Lipinski definition) is 0. The van der Waals surface area contributed by atoms with Gasteiger partial charge in [-0.25, -0.2) is 0 Å². The van der Waals surface area contributed by atoms with Gasteiger partial charge in [0.25, 0.3) is 0 Å². The average molecular weight is 178 g/mol. The van der Waals surface area contributed by atoms with Crippen LogP contribution in [0.25, 0.3) is 0 Å². The van der Waals surface area contributed by atoms with Crippen LogP contribution in [0.1, 0.15) is 51.9 Å². The van der Waals surface area contributed by atoms with E-state index in [1.54, 1.807) is 0 Å². The summed E-state index contributed by atoms with van der Waals surface area (Å²) in [5.41, 5.74) is 0. The van der Waals surface area contributed by atoms with Crippen molar-refractivity contribution < 1.29 is 0 Å². The van der Waals surface area contributed by atoms with Crippen LogP contribution in [0.4, 0.5) is 0 Å². The summed E-state index contributed by atoms with van der Waals surface area (Å²) < 4.78 is 0. The smallest absolute Gasteiger partial charge is 0.103 e. The maximum absolute atomic E-state index is 3.77. The lowest BCUT2D eigenvalue weighted by molar-refractivity contribution is 0.279. The van der Waals surface area contributed by atoms with Crippen LogP contribution >= 0.6 is 0 Å². The molecule has 1 saturated carbocycles. The van der Waals surface area contributed by atoms with E-state index in [-0.39, 0.29) is 0 Å². The first-order valence-electron chi connectivity index (χ1n) is 5.75. The molecule has 0 bridgehead atoms. The molecule has 0 saturated heterocycles. The van der Waals surface area contributed by atoms with Crippen molar-refractivity contribution in [3.05, 3.63) is 12.7 Å². The van der Waals surface area contributed by atoms with Crippen LogP contribution in [0.3, 0.4) is 0 Å². The lowest BCUT2D eigenvalue weighted by Crippen LogP contribution is -2.20. The van der Waals surface area contributed by atoms with Crippen molar-refractivity contribution in [2.75, 3.05) is 0 Å². The fourth-order valence-electron chi connectivity index (χ4n) is 2.65. The molecule has 0 radical (unpaired) electrons. The van der Waals surface area contributed by atoms with Crippen molar-refractivity contribution >= 4 is 7.85 Å². The van der Waals surface area contributed by atoms with E-state index in [1.165, 1.54) is 44.9 Å². The quantitative estimate of drug-likeness (QED) is 0.352. The average Bonchev–Trinajstić information content (AvgIpc) is 2.03. The van der Waals surface area contributed by atoms with Gasteiger partial charge in [0.1, 0.15) is 7.85 Å². The molecule has 2 atom stereocenters. The molecular weight excluding hydrogens is 155 g/mol. The highest BCUT2D eigenvalue weighted by Gasteiger charge is 2.27. The molecule has 0 aliphatic heterocycles. The molecule has 74 valence electrons. The number of unbranched alkanes of at least 4 members (excludes halogenated alkanes) is 1. The van der Waals surface area contributed by atoms with Crippen LogP contribution in [0.5, 0.6) is 0 Å². The largest absolute Gasteiger partial charge is 0.109 e. The fraction of sp³-hybridized carbons (Fsp3) is 0.833.